The first-order valence-electron chi connectivity index (χ1n) is 22.8. The van der Waals surface area contributed by atoms with Crippen LogP contribution in [0.3, 0.4) is 0 Å². The predicted molar refractivity (Wildman–Crippen MR) is 220 cm³/mol. The van der Waals surface area contributed by atoms with Crippen LogP contribution < -0.4 is 0 Å². The maximum atomic E-state index is 12.7. The minimum atomic E-state index is -0.760. The number of hydrogen-bond acceptors (Lipinski definition) is 6. The van der Waals surface area contributed by atoms with Crippen LogP contribution in [0.5, 0.6) is 0 Å². The zero-order valence-corrected chi connectivity index (χ0v) is 35.4. The first-order valence-corrected chi connectivity index (χ1v) is 22.8. The Hall–Kier alpha value is -1.59. The van der Waals surface area contributed by atoms with Gasteiger partial charge in [-0.2, -0.15) is 0 Å². The number of esters is 3. The molecule has 0 heterocycles. The first-order chi connectivity index (χ1) is 25.3. The van der Waals surface area contributed by atoms with Crippen LogP contribution >= 0.6 is 0 Å². The van der Waals surface area contributed by atoms with Gasteiger partial charge in [0, 0.05) is 19.3 Å². The molecule has 308 valence electrons. The van der Waals surface area contributed by atoms with Crippen LogP contribution in [0.15, 0.2) is 0 Å². The second kappa shape index (κ2) is 39.1. The van der Waals surface area contributed by atoms with Crippen molar-refractivity contribution in [2.24, 2.45) is 11.8 Å². The molecule has 52 heavy (non-hydrogen) atoms. The molecule has 0 aromatic rings. The lowest BCUT2D eigenvalue weighted by atomic mass is 9.99. The van der Waals surface area contributed by atoms with Crippen LogP contribution in [0, 0.1) is 11.8 Å². The van der Waals surface area contributed by atoms with Crippen LogP contribution in [0.1, 0.15) is 247 Å². The topological polar surface area (TPSA) is 78.9 Å². The molecule has 0 saturated carbocycles. The third-order valence-electron chi connectivity index (χ3n) is 10.6. The van der Waals surface area contributed by atoms with Crippen molar-refractivity contribution in [2.75, 3.05) is 13.2 Å². The molecule has 0 aliphatic rings. The fourth-order valence-corrected chi connectivity index (χ4v) is 6.72. The Balaban J connectivity index is 4.33. The minimum Gasteiger partial charge on any atom is -0.462 e. The normalized spacial score (nSPS) is 12.6. The fraction of sp³-hybridized carbons (Fsp3) is 0.935. The van der Waals surface area contributed by atoms with E-state index in [1.54, 1.807) is 0 Å². The van der Waals surface area contributed by atoms with E-state index in [1.807, 2.05) is 0 Å². The molecule has 0 aromatic carbocycles. The van der Waals surface area contributed by atoms with E-state index in [0.717, 1.165) is 69.6 Å². The lowest BCUT2D eigenvalue weighted by Crippen LogP contribution is -2.30. The van der Waals surface area contributed by atoms with Crippen LogP contribution in [0.4, 0.5) is 0 Å². The molecule has 0 fully saturated rings. The molecule has 0 amide bonds. The Bertz CT molecular complexity index is 796. The summed E-state index contributed by atoms with van der Waals surface area (Å²) in [5, 5.41) is 0. The van der Waals surface area contributed by atoms with Gasteiger partial charge in [-0.15, -0.1) is 0 Å². The molecule has 0 rings (SSSR count). The van der Waals surface area contributed by atoms with E-state index < -0.39 is 6.10 Å². The molecular formula is C46H88O6. The molecule has 0 aliphatic carbocycles. The molecule has 0 N–H and O–H groups in total. The molecular weight excluding hydrogens is 648 g/mol. The smallest absolute Gasteiger partial charge is 0.306 e. The highest BCUT2D eigenvalue weighted by molar-refractivity contribution is 5.71. The van der Waals surface area contributed by atoms with Crippen LogP contribution in [-0.2, 0) is 28.6 Å². The molecule has 1 unspecified atom stereocenters. The van der Waals surface area contributed by atoms with Gasteiger partial charge in [-0.25, -0.2) is 0 Å². The molecule has 0 radical (unpaired) electrons. The van der Waals surface area contributed by atoms with Crippen molar-refractivity contribution < 1.29 is 28.6 Å². The Labute approximate surface area is 323 Å². The van der Waals surface area contributed by atoms with Gasteiger partial charge in [-0.1, -0.05) is 208 Å². The Morgan fingerprint density at radius 3 is 1.10 bits per heavy atom. The number of carbonyl (C=O) groups is 3. The highest BCUT2D eigenvalue weighted by atomic mass is 16.6. The highest BCUT2D eigenvalue weighted by Crippen LogP contribution is 2.17. The van der Waals surface area contributed by atoms with E-state index in [9.17, 15) is 14.4 Å². The second-order valence-corrected chi connectivity index (χ2v) is 16.4. The zero-order valence-electron chi connectivity index (χ0n) is 35.4. The van der Waals surface area contributed by atoms with Gasteiger partial charge < -0.3 is 14.2 Å². The standard InChI is InChI=1S/C46H88O6/c1-6-8-9-10-11-12-13-17-20-26-31-36-44(47)50-39-43(40-51-45(48)37-32-27-23-22-24-29-34-41(3)4)52-46(49)38-33-28-21-18-15-14-16-19-25-30-35-42(5)7-2/h41-43H,6-40H2,1-5H3/t42?,43-/m0/s1. The monoisotopic (exact) mass is 737 g/mol. The van der Waals surface area contributed by atoms with Crippen LogP contribution in [0.25, 0.3) is 0 Å². The maximum Gasteiger partial charge on any atom is 0.306 e. The van der Waals surface area contributed by atoms with Crippen LogP contribution in [-0.4, -0.2) is 37.2 Å². The summed E-state index contributed by atoms with van der Waals surface area (Å²) in [5.74, 6) is 0.768. The quantitative estimate of drug-likeness (QED) is 0.0354. The third-order valence-corrected chi connectivity index (χ3v) is 10.6. The van der Waals surface area contributed by atoms with E-state index in [1.165, 1.54) is 135 Å². The van der Waals surface area contributed by atoms with Gasteiger partial charge in [-0.3, -0.25) is 14.4 Å². The predicted octanol–water partition coefficient (Wildman–Crippen LogP) is 14.2. The Morgan fingerprint density at radius 1 is 0.404 bits per heavy atom. The third kappa shape index (κ3) is 38.1. The van der Waals surface area contributed by atoms with Gasteiger partial charge in [0.05, 0.1) is 0 Å². The summed E-state index contributed by atoms with van der Waals surface area (Å²) >= 11 is 0. The number of rotatable bonds is 40. The van der Waals surface area contributed by atoms with Gasteiger partial charge in [-0.05, 0) is 31.1 Å². The fourth-order valence-electron chi connectivity index (χ4n) is 6.72. The lowest BCUT2D eigenvalue weighted by molar-refractivity contribution is -0.167. The molecule has 0 saturated heterocycles. The molecule has 2 atom stereocenters. The van der Waals surface area contributed by atoms with Crippen molar-refractivity contribution in [1.82, 2.24) is 0 Å². The van der Waals surface area contributed by atoms with Gasteiger partial charge in [0.1, 0.15) is 13.2 Å². The highest BCUT2D eigenvalue weighted by Gasteiger charge is 2.19. The van der Waals surface area contributed by atoms with E-state index in [2.05, 4.69) is 34.6 Å². The molecule has 6 nitrogen and oxygen atoms in total. The molecule has 0 bridgehead atoms. The number of unbranched alkanes of at least 4 members (excludes halogenated alkanes) is 24. The summed E-state index contributed by atoms with van der Waals surface area (Å²) in [6.45, 7) is 11.3. The van der Waals surface area contributed by atoms with Crippen LogP contribution in [0.2, 0.25) is 0 Å². The zero-order chi connectivity index (χ0) is 38.3. The summed E-state index contributed by atoms with van der Waals surface area (Å²) in [5.41, 5.74) is 0. The van der Waals surface area contributed by atoms with Gasteiger partial charge in [0.2, 0.25) is 0 Å². The summed E-state index contributed by atoms with van der Waals surface area (Å²) in [6, 6.07) is 0. The van der Waals surface area contributed by atoms with Crippen molar-refractivity contribution in [2.45, 2.75) is 253 Å². The Kier molecular flexibility index (Phi) is 37.9. The largest absolute Gasteiger partial charge is 0.462 e. The minimum absolute atomic E-state index is 0.0656. The average molecular weight is 737 g/mol. The Morgan fingerprint density at radius 2 is 0.731 bits per heavy atom. The van der Waals surface area contributed by atoms with Crippen molar-refractivity contribution in [3.63, 3.8) is 0 Å². The van der Waals surface area contributed by atoms with Gasteiger partial charge in [0.25, 0.3) is 0 Å². The van der Waals surface area contributed by atoms with E-state index in [4.69, 9.17) is 14.2 Å². The van der Waals surface area contributed by atoms with E-state index >= 15 is 0 Å². The molecule has 0 spiro atoms. The number of carbonyl (C=O) groups excluding carboxylic acids is 3. The number of hydrogen-bond donors (Lipinski definition) is 0. The average Bonchev–Trinajstić information content (AvgIpc) is 3.12. The SMILES string of the molecule is CCCCCCCCCCCCCC(=O)OC[C@@H](COC(=O)CCCCCCCCC(C)C)OC(=O)CCCCCCCCCCCCC(C)CC. The summed E-state index contributed by atoms with van der Waals surface area (Å²) < 4.78 is 16.7. The first kappa shape index (κ1) is 50.4. The second-order valence-electron chi connectivity index (χ2n) is 16.4. The van der Waals surface area contributed by atoms with Crippen molar-refractivity contribution >= 4 is 17.9 Å². The van der Waals surface area contributed by atoms with Crippen molar-refractivity contribution in [3.05, 3.63) is 0 Å². The summed E-state index contributed by atoms with van der Waals surface area (Å²) in [7, 11) is 0. The summed E-state index contributed by atoms with van der Waals surface area (Å²) in [4.78, 5) is 37.6. The van der Waals surface area contributed by atoms with E-state index in [-0.39, 0.29) is 31.1 Å². The molecule has 0 aromatic heterocycles. The van der Waals surface area contributed by atoms with Gasteiger partial charge in [0.15, 0.2) is 6.10 Å². The van der Waals surface area contributed by atoms with Crippen molar-refractivity contribution in [3.8, 4) is 0 Å². The molecule has 0 aliphatic heterocycles. The lowest BCUT2D eigenvalue weighted by Gasteiger charge is -2.18. The van der Waals surface area contributed by atoms with E-state index in [0.29, 0.717) is 19.3 Å². The summed E-state index contributed by atoms with van der Waals surface area (Å²) in [6.07, 6.45) is 36.6. The molecule has 6 heteroatoms. The number of ether oxygens (including phenoxy) is 3. The van der Waals surface area contributed by atoms with Gasteiger partial charge >= 0.3 is 17.9 Å². The maximum absolute atomic E-state index is 12.7. The van der Waals surface area contributed by atoms with Crippen molar-refractivity contribution in [1.29, 1.82) is 0 Å².